The molecule has 1 aromatic heterocycles. The molecule has 0 atom stereocenters. The minimum atomic E-state index is 1.09. The average Bonchev–Trinajstić information content (AvgIpc) is 3.65. The SMILES string of the molecule is CC.CS.Cc1cc(N(c2ccccc2)c2ccc(-c3ccccc3Br)cc2)ccc1N(c1cccc(-c2ccccc2)c1)c1ccc2sc3ccccc3c2c1. The Balaban J connectivity index is 0.00000120. The molecule has 0 saturated carbocycles. The zero-order valence-electron chi connectivity index (χ0n) is 32.6. The Morgan fingerprint density at radius 3 is 1.70 bits per heavy atom. The van der Waals surface area contributed by atoms with E-state index >= 15 is 0 Å². The highest BCUT2D eigenvalue weighted by molar-refractivity contribution is 9.10. The number of thiol groups is 1. The van der Waals surface area contributed by atoms with E-state index in [4.69, 9.17) is 0 Å². The molecule has 0 amide bonds. The Hall–Kier alpha value is -5.59. The van der Waals surface area contributed by atoms with E-state index in [1.54, 1.807) is 6.26 Å². The molecule has 57 heavy (non-hydrogen) atoms. The van der Waals surface area contributed by atoms with Crippen molar-refractivity contribution >= 4 is 94.2 Å². The largest absolute Gasteiger partial charge is 0.310 e. The fourth-order valence-corrected chi connectivity index (χ4v) is 8.87. The molecule has 9 rings (SSSR count). The fourth-order valence-electron chi connectivity index (χ4n) is 7.27. The Morgan fingerprint density at radius 1 is 0.421 bits per heavy atom. The Morgan fingerprint density at radius 2 is 0.965 bits per heavy atom. The van der Waals surface area contributed by atoms with Gasteiger partial charge in [0.05, 0.1) is 0 Å². The van der Waals surface area contributed by atoms with Crippen LogP contribution in [0.15, 0.2) is 199 Å². The highest BCUT2D eigenvalue weighted by Crippen LogP contribution is 2.44. The monoisotopic (exact) mass is 840 g/mol. The third-order valence-electron chi connectivity index (χ3n) is 9.83. The van der Waals surface area contributed by atoms with E-state index < -0.39 is 0 Å². The smallest absolute Gasteiger partial charge is 0.0492 e. The molecule has 5 heteroatoms. The Kier molecular flexibility index (Phi) is 12.9. The number of hydrogen-bond acceptors (Lipinski definition) is 4. The van der Waals surface area contributed by atoms with E-state index in [-0.39, 0.29) is 0 Å². The summed E-state index contributed by atoms with van der Waals surface area (Å²) in [6.07, 6.45) is 1.69. The van der Waals surface area contributed by atoms with Crippen molar-refractivity contribution in [3.05, 3.63) is 204 Å². The van der Waals surface area contributed by atoms with Gasteiger partial charge in [0.2, 0.25) is 0 Å². The molecule has 0 unspecified atom stereocenters. The predicted octanol–water partition coefficient (Wildman–Crippen LogP) is 17.0. The fraction of sp³-hybridized carbons (Fsp3) is 0.0769. The van der Waals surface area contributed by atoms with E-state index in [0.29, 0.717) is 0 Å². The van der Waals surface area contributed by atoms with Crippen molar-refractivity contribution in [1.29, 1.82) is 0 Å². The van der Waals surface area contributed by atoms with Crippen molar-refractivity contribution in [2.75, 3.05) is 16.1 Å². The molecule has 0 bridgehead atoms. The highest BCUT2D eigenvalue weighted by Gasteiger charge is 2.20. The zero-order chi connectivity index (χ0) is 39.7. The van der Waals surface area contributed by atoms with Gasteiger partial charge < -0.3 is 9.80 Å². The number of thiophene rings is 1. The molecule has 0 saturated heterocycles. The Labute approximate surface area is 355 Å². The predicted molar refractivity (Wildman–Crippen MR) is 258 cm³/mol. The maximum absolute atomic E-state index is 3.74. The van der Waals surface area contributed by atoms with E-state index in [1.807, 2.05) is 25.2 Å². The molecule has 2 nitrogen and oxygen atoms in total. The lowest BCUT2D eigenvalue weighted by Crippen LogP contribution is -2.13. The van der Waals surface area contributed by atoms with E-state index in [0.717, 1.165) is 38.6 Å². The van der Waals surface area contributed by atoms with Gasteiger partial charge in [-0.1, -0.05) is 139 Å². The highest BCUT2D eigenvalue weighted by atomic mass is 79.9. The number of rotatable bonds is 8. The molecular weight excluding hydrogens is 797 g/mol. The van der Waals surface area contributed by atoms with E-state index in [9.17, 15) is 0 Å². The van der Waals surface area contributed by atoms with Crippen LogP contribution in [0, 0.1) is 6.92 Å². The number of para-hydroxylation sites is 1. The zero-order valence-corrected chi connectivity index (χ0v) is 35.9. The first-order valence-electron chi connectivity index (χ1n) is 19.2. The van der Waals surface area contributed by atoms with Crippen LogP contribution in [0.1, 0.15) is 19.4 Å². The standard InChI is InChI=1S/C49H35BrN2S.C2H6.CH4S/c1-34-31-41(51(38-16-6-3-7-17-38)39-25-23-36(24-26-39)43-19-8-10-21-46(43)50)27-29-47(34)52(40-18-12-15-37(32-40)35-13-4-2-5-14-35)42-28-30-49-45(33-42)44-20-9-11-22-48(44)53-49;2*1-2/h2-33H,1H3;1-2H3;2H,1H3. The molecule has 0 N–H and O–H groups in total. The number of benzene rings is 8. The summed E-state index contributed by atoms with van der Waals surface area (Å²) in [6, 6.07) is 69.8. The first-order chi connectivity index (χ1) is 28.1. The molecule has 0 aliphatic heterocycles. The number of aryl methyl sites for hydroxylation is 1. The van der Waals surface area contributed by atoms with Gasteiger partial charge in [-0.2, -0.15) is 12.6 Å². The van der Waals surface area contributed by atoms with Crippen molar-refractivity contribution < 1.29 is 0 Å². The topological polar surface area (TPSA) is 6.48 Å². The van der Waals surface area contributed by atoms with Crippen molar-refractivity contribution in [2.45, 2.75) is 20.8 Å². The molecule has 0 aliphatic rings. The van der Waals surface area contributed by atoms with Gasteiger partial charge in [0, 0.05) is 58.8 Å². The van der Waals surface area contributed by atoms with Gasteiger partial charge >= 0.3 is 0 Å². The quantitative estimate of drug-likeness (QED) is 0.152. The third-order valence-corrected chi connectivity index (χ3v) is 11.7. The minimum absolute atomic E-state index is 1.09. The Bertz CT molecular complexity index is 2710. The molecule has 0 spiro atoms. The second kappa shape index (κ2) is 18.6. The van der Waals surface area contributed by atoms with Crippen LogP contribution in [0.25, 0.3) is 42.4 Å². The van der Waals surface area contributed by atoms with Crippen LogP contribution >= 0.6 is 39.9 Å². The molecule has 0 fully saturated rings. The third kappa shape index (κ3) is 8.43. The molecule has 8 aromatic carbocycles. The number of anilines is 6. The van der Waals surface area contributed by atoms with Crippen LogP contribution in [0.5, 0.6) is 0 Å². The van der Waals surface area contributed by atoms with Gasteiger partial charge in [0.15, 0.2) is 0 Å². The second-order valence-electron chi connectivity index (χ2n) is 13.2. The van der Waals surface area contributed by atoms with Crippen LogP contribution in [0.3, 0.4) is 0 Å². The van der Waals surface area contributed by atoms with Gasteiger partial charge in [-0.05, 0) is 126 Å². The maximum atomic E-state index is 3.74. The van der Waals surface area contributed by atoms with Crippen molar-refractivity contribution in [3.63, 3.8) is 0 Å². The lowest BCUT2D eigenvalue weighted by Gasteiger charge is -2.30. The summed E-state index contributed by atoms with van der Waals surface area (Å²) in [7, 11) is 0. The average molecular weight is 842 g/mol. The normalized spacial score (nSPS) is 10.6. The molecule has 0 radical (unpaired) electrons. The van der Waals surface area contributed by atoms with Crippen molar-refractivity contribution in [3.8, 4) is 22.3 Å². The maximum Gasteiger partial charge on any atom is 0.0492 e. The van der Waals surface area contributed by atoms with Gasteiger partial charge in [-0.15, -0.1) is 11.3 Å². The lowest BCUT2D eigenvalue weighted by molar-refractivity contribution is 1.23. The van der Waals surface area contributed by atoms with Crippen molar-refractivity contribution in [1.82, 2.24) is 0 Å². The molecular formula is C52H45BrN2S2. The van der Waals surface area contributed by atoms with Crippen LogP contribution in [0.4, 0.5) is 34.1 Å². The van der Waals surface area contributed by atoms with Crippen LogP contribution in [-0.2, 0) is 0 Å². The minimum Gasteiger partial charge on any atom is -0.310 e. The van der Waals surface area contributed by atoms with Gasteiger partial charge in [0.25, 0.3) is 0 Å². The molecule has 1 heterocycles. The summed E-state index contributed by atoms with van der Waals surface area (Å²) in [5, 5.41) is 2.58. The van der Waals surface area contributed by atoms with Crippen LogP contribution in [0.2, 0.25) is 0 Å². The summed E-state index contributed by atoms with van der Waals surface area (Å²) in [4.78, 5) is 4.75. The van der Waals surface area contributed by atoms with E-state index in [1.165, 1.54) is 48.0 Å². The summed E-state index contributed by atoms with van der Waals surface area (Å²) in [6.45, 7) is 6.23. The summed E-state index contributed by atoms with van der Waals surface area (Å²) in [5.41, 5.74) is 12.6. The summed E-state index contributed by atoms with van der Waals surface area (Å²) >= 11 is 9.11. The van der Waals surface area contributed by atoms with Crippen molar-refractivity contribution in [2.24, 2.45) is 0 Å². The first-order valence-corrected chi connectivity index (χ1v) is 21.7. The second-order valence-corrected chi connectivity index (χ2v) is 15.1. The van der Waals surface area contributed by atoms with Crippen LogP contribution < -0.4 is 9.80 Å². The van der Waals surface area contributed by atoms with Gasteiger partial charge in [-0.3, -0.25) is 0 Å². The number of nitrogens with zero attached hydrogens (tertiary/aromatic N) is 2. The van der Waals surface area contributed by atoms with Gasteiger partial charge in [-0.25, -0.2) is 0 Å². The molecule has 282 valence electrons. The molecule has 0 aliphatic carbocycles. The van der Waals surface area contributed by atoms with Gasteiger partial charge in [0.1, 0.15) is 0 Å². The number of hydrogen-bond donors (Lipinski definition) is 1. The lowest BCUT2D eigenvalue weighted by atomic mass is 10.0. The number of halogens is 1. The summed E-state index contributed by atoms with van der Waals surface area (Å²) in [5.74, 6) is 0. The first kappa shape index (κ1) is 39.6. The van der Waals surface area contributed by atoms with Crippen LogP contribution in [-0.4, -0.2) is 6.26 Å². The summed E-state index contributed by atoms with van der Waals surface area (Å²) < 4.78 is 3.69. The van der Waals surface area contributed by atoms with E-state index in [2.05, 4.69) is 239 Å². The molecule has 9 aromatic rings. The number of fused-ring (bicyclic) bond motifs is 3.